The standard InChI is InChI=1S/C6H8N2O3/c1-8-3-4(11-2)5(9)7-6(8)10/h3H,1-2H3,(H,7,9,10). The van der Waals surface area contributed by atoms with E-state index in [2.05, 4.69) is 9.72 Å². The van der Waals surface area contributed by atoms with E-state index in [9.17, 15) is 9.59 Å². The minimum atomic E-state index is -0.504. The number of nitrogens with zero attached hydrogens (tertiary/aromatic N) is 1. The van der Waals surface area contributed by atoms with Crippen molar-refractivity contribution in [1.82, 2.24) is 9.55 Å². The molecule has 0 aliphatic rings. The highest BCUT2D eigenvalue weighted by Gasteiger charge is 1.99. The summed E-state index contributed by atoms with van der Waals surface area (Å²) >= 11 is 0. The second-order valence-corrected chi connectivity index (χ2v) is 2.07. The fraction of sp³-hybridized carbons (Fsp3) is 0.333. The third-order valence-electron chi connectivity index (χ3n) is 1.30. The Bertz CT molecular complexity index is 363. The first-order valence-corrected chi connectivity index (χ1v) is 2.99. The number of hydrogen-bond donors (Lipinski definition) is 1. The predicted octanol–water partition coefficient (Wildman–Crippen LogP) is -0.918. The molecule has 1 heterocycles. The van der Waals surface area contributed by atoms with Gasteiger partial charge >= 0.3 is 5.69 Å². The molecule has 1 rings (SSSR count). The first kappa shape index (κ1) is 7.59. The number of methoxy groups -OCH3 is 1. The SMILES string of the molecule is COc1cn(C)c(=O)[nH]c1=O. The molecular weight excluding hydrogens is 148 g/mol. The summed E-state index contributed by atoms with van der Waals surface area (Å²) in [5.74, 6) is 0.132. The quantitative estimate of drug-likeness (QED) is 0.572. The Balaban J connectivity index is 3.45. The Morgan fingerprint density at radius 2 is 2.18 bits per heavy atom. The van der Waals surface area contributed by atoms with Crippen LogP contribution in [0.5, 0.6) is 5.75 Å². The summed E-state index contributed by atoms with van der Waals surface area (Å²) in [6, 6.07) is 0. The Labute approximate surface area is 62.2 Å². The summed E-state index contributed by atoms with van der Waals surface area (Å²) < 4.78 is 5.91. The minimum Gasteiger partial charge on any atom is -0.490 e. The fourth-order valence-electron chi connectivity index (χ4n) is 0.685. The highest BCUT2D eigenvalue weighted by molar-refractivity contribution is 5.11. The van der Waals surface area contributed by atoms with Crippen molar-refractivity contribution in [3.8, 4) is 5.75 Å². The molecule has 0 bridgehead atoms. The van der Waals surface area contributed by atoms with Crippen LogP contribution in [0, 0.1) is 0 Å². The Morgan fingerprint density at radius 3 is 2.73 bits per heavy atom. The lowest BCUT2D eigenvalue weighted by molar-refractivity contribution is 0.401. The number of aryl methyl sites for hydroxylation is 1. The van der Waals surface area contributed by atoms with Gasteiger partial charge in [0.25, 0.3) is 5.56 Å². The van der Waals surface area contributed by atoms with E-state index in [1.165, 1.54) is 24.9 Å². The average Bonchev–Trinajstić information content (AvgIpc) is 1.97. The molecule has 1 N–H and O–H groups in total. The van der Waals surface area contributed by atoms with E-state index in [1.807, 2.05) is 0 Å². The summed E-state index contributed by atoms with van der Waals surface area (Å²) in [5.41, 5.74) is -0.952. The van der Waals surface area contributed by atoms with Gasteiger partial charge in [-0.2, -0.15) is 0 Å². The number of nitrogens with one attached hydrogen (secondary N) is 1. The van der Waals surface area contributed by atoms with Crippen LogP contribution in [0.25, 0.3) is 0 Å². The second-order valence-electron chi connectivity index (χ2n) is 2.07. The zero-order valence-electron chi connectivity index (χ0n) is 6.25. The van der Waals surface area contributed by atoms with Gasteiger partial charge in [0.05, 0.1) is 13.3 Å². The van der Waals surface area contributed by atoms with Gasteiger partial charge in [-0.25, -0.2) is 4.79 Å². The van der Waals surface area contributed by atoms with E-state index < -0.39 is 11.2 Å². The monoisotopic (exact) mass is 156 g/mol. The molecule has 0 unspecified atom stereocenters. The maximum Gasteiger partial charge on any atom is 0.328 e. The van der Waals surface area contributed by atoms with E-state index in [4.69, 9.17) is 0 Å². The van der Waals surface area contributed by atoms with E-state index in [1.54, 1.807) is 0 Å². The topological polar surface area (TPSA) is 64.1 Å². The Morgan fingerprint density at radius 1 is 1.55 bits per heavy atom. The Hall–Kier alpha value is -1.52. The molecule has 0 fully saturated rings. The maximum atomic E-state index is 10.8. The molecule has 11 heavy (non-hydrogen) atoms. The number of aromatic nitrogens is 2. The zero-order valence-corrected chi connectivity index (χ0v) is 6.25. The summed E-state index contributed by atoms with van der Waals surface area (Å²) in [7, 11) is 2.90. The number of ether oxygens (including phenoxy) is 1. The van der Waals surface area contributed by atoms with Gasteiger partial charge in [-0.3, -0.25) is 14.3 Å². The van der Waals surface area contributed by atoms with Crippen molar-refractivity contribution < 1.29 is 4.74 Å². The predicted molar refractivity (Wildman–Crippen MR) is 38.9 cm³/mol. The molecular formula is C6H8N2O3. The van der Waals surface area contributed by atoms with Gasteiger partial charge in [-0.05, 0) is 0 Å². The molecule has 5 heteroatoms. The fourth-order valence-corrected chi connectivity index (χ4v) is 0.685. The van der Waals surface area contributed by atoms with Gasteiger partial charge in [0.15, 0.2) is 0 Å². The van der Waals surface area contributed by atoms with Crippen molar-refractivity contribution >= 4 is 0 Å². The molecule has 0 aliphatic heterocycles. The maximum absolute atomic E-state index is 10.8. The highest BCUT2D eigenvalue weighted by Crippen LogP contribution is 1.93. The lowest BCUT2D eigenvalue weighted by Gasteiger charge is -1.99. The summed E-state index contributed by atoms with van der Waals surface area (Å²) in [5, 5.41) is 0. The van der Waals surface area contributed by atoms with Crippen LogP contribution in [0.15, 0.2) is 15.8 Å². The van der Waals surface area contributed by atoms with Crippen LogP contribution in [0.4, 0.5) is 0 Å². The van der Waals surface area contributed by atoms with Crippen LogP contribution in [0.1, 0.15) is 0 Å². The third kappa shape index (κ3) is 1.31. The summed E-state index contributed by atoms with van der Waals surface area (Å²) in [6.07, 6.45) is 1.33. The normalized spacial score (nSPS) is 9.64. The molecule has 0 radical (unpaired) electrons. The Kier molecular flexibility index (Phi) is 1.80. The van der Waals surface area contributed by atoms with Crippen molar-refractivity contribution in [2.75, 3.05) is 7.11 Å². The molecule has 0 saturated carbocycles. The van der Waals surface area contributed by atoms with Crippen LogP contribution in [0.3, 0.4) is 0 Å². The van der Waals surface area contributed by atoms with Gasteiger partial charge in [0.2, 0.25) is 5.75 Å². The van der Waals surface area contributed by atoms with Crippen LogP contribution in [-0.2, 0) is 7.05 Å². The van der Waals surface area contributed by atoms with Crippen LogP contribution < -0.4 is 16.0 Å². The molecule has 1 aromatic heterocycles. The lowest BCUT2D eigenvalue weighted by Crippen LogP contribution is -2.28. The van der Waals surface area contributed by atoms with Gasteiger partial charge in [-0.1, -0.05) is 0 Å². The molecule has 0 atom stereocenters. The van der Waals surface area contributed by atoms with Crippen LogP contribution in [0.2, 0.25) is 0 Å². The number of hydrogen-bond acceptors (Lipinski definition) is 3. The molecule has 60 valence electrons. The molecule has 1 aromatic rings. The van der Waals surface area contributed by atoms with Crippen molar-refractivity contribution in [3.63, 3.8) is 0 Å². The highest BCUT2D eigenvalue weighted by atomic mass is 16.5. The number of rotatable bonds is 1. The molecule has 0 amide bonds. The van der Waals surface area contributed by atoms with Crippen LogP contribution in [-0.4, -0.2) is 16.7 Å². The van der Waals surface area contributed by atoms with Gasteiger partial charge in [-0.15, -0.1) is 0 Å². The van der Waals surface area contributed by atoms with Crippen LogP contribution >= 0.6 is 0 Å². The van der Waals surface area contributed by atoms with Crippen molar-refractivity contribution in [3.05, 3.63) is 27.0 Å². The zero-order chi connectivity index (χ0) is 8.43. The summed E-state index contributed by atoms with van der Waals surface area (Å²) in [4.78, 5) is 23.7. The number of H-pyrrole nitrogens is 1. The first-order chi connectivity index (χ1) is 5.15. The van der Waals surface area contributed by atoms with E-state index in [0.29, 0.717) is 0 Å². The van der Waals surface area contributed by atoms with Crippen molar-refractivity contribution in [2.45, 2.75) is 0 Å². The van der Waals surface area contributed by atoms with Gasteiger partial charge < -0.3 is 4.74 Å². The largest absolute Gasteiger partial charge is 0.490 e. The average molecular weight is 156 g/mol. The molecule has 0 spiro atoms. The second kappa shape index (κ2) is 2.61. The first-order valence-electron chi connectivity index (χ1n) is 2.99. The molecule has 0 saturated heterocycles. The smallest absolute Gasteiger partial charge is 0.328 e. The van der Waals surface area contributed by atoms with E-state index >= 15 is 0 Å². The molecule has 0 aliphatic carbocycles. The van der Waals surface area contributed by atoms with Gasteiger partial charge in [0.1, 0.15) is 0 Å². The van der Waals surface area contributed by atoms with E-state index in [-0.39, 0.29) is 5.75 Å². The summed E-state index contributed by atoms with van der Waals surface area (Å²) in [6.45, 7) is 0. The number of aromatic amines is 1. The van der Waals surface area contributed by atoms with E-state index in [0.717, 1.165) is 0 Å². The molecule has 5 nitrogen and oxygen atoms in total. The minimum absolute atomic E-state index is 0.132. The van der Waals surface area contributed by atoms with Crippen molar-refractivity contribution in [1.29, 1.82) is 0 Å². The molecule has 0 aromatic carbocycles. The lowest BCUT2D eigenvalue weighted by atomic mass is 10.6. The van der Waals surface area contributed by atoms with Gasteiger partial charge in [0, 0.05) is 7.05 Å². The third-order valence-corrected chi connectivity index (χ3v) is 1.30. The van der Waals surface area contributed by atoms with Crippen molar-refractivity contribution in [2.24, 2.45) is 7.05 Å².